The summed E-state index contributed by atoms with van der Waals surface area (Å²) in [6.07, 6.45) is 0.686. The molecule has 0 fully saturated rings. The number of fused-ring (bicyclic) bond motifs is 1. The Morgan fingerprint density at radius 3 is 2.58 bits per heavy atom. The van der Waals surface area contributed by atoms with Crippen molar-refractivity contribution in [3.63, 3.8) is 0 Å². The number of anilines is 2. The van der Waals surface area contributed by atoms with Crippen LogP contribution in [0.15, 0.2) is 76.1 Å². The van der Waals surface area contributed by atoms with E-state index in [2.05, 4.69) is 21.2 Å². The topological polar surface area (TPSA) is 75.7 Å². The van der Waals surface area contributed by atoms with Gasteiger partial charge >= 0.3 is 0 Å². The molecule has 1 N–H and O–H groups in total. The second-order valence-corrected chi connectivity index (χ2v) is 10.1. The lowest BCUT2D eigenvalue weighted by Gasteiger charge is -2.19. The Labute approximate surface area is 194 Å². The first-order chi connectivity index (χ1) is 14.8. The summed E-state index contributed by atoms with van der Waals surface area (Å²) in [5.74, 6) is 0.00964. The molecule has 1 aliphatic heterocycles. The Bertz CT molecular complexity index is 1230. The summed E-state index contributed by atoms with van der Waals surface area (Å²) in [5, 5.41) is 3.07. The molecule has 0 atom stereocenters. The number of ether oxygens (including phenoxy) is 1. The molecule has 0 saturated carbocycles. The van der Waals surface area contributed by atoms with Crippen LogP contribution in [0.3, 0.4) is 0 Å². The molecule has 0 radical (unpaired) electrons. The molecule has 1 heterocycles. The van der Waals surface area contributed by atoms with Crippen LogP contribution in [-0.4, -0.2) is 27.5 Å². The standard InChI is InChI=1S/C22H18BrClN2O4S/c23-16-5-10-21(19(24)13-16)30-14-22(27)25-17-6-8-18(9-7-17)31(28,29)26-12-11-15-3-1-2-4-20(15)26/h1-10,13H,11-12,14H2,(H,25,27). The summed E-state index contributed by atoms with van der Waals surface area (Å²) in [4.78, 5) is 12.3. The van der Waals surface area contributed by atoms with E-state index in [1.165, 1.54) is 16.4 Å². The van der Waals surface area contributed by atoms with E-state index in [-0.39, 0.29) is 17.4 Å². The molecule has 0 aliphatic carbocycles. The third-order valence-electron chi connectivity index (χ3n) is 4.82. The fraction of sp³-hybridized carbons (Fsp3) is 0.136. The molecule has 1 aliphatic rings. The second kappa shape index (κ2) is 8.90. The van der Waals surface area contributed by atoms with Crippen LogP contribution >= 0.6 is 27.5 Å². The number of nitrogens with zero attached hydrogens (tertiary/aromatic N) is 1. The van der Waals surface area contributed by atoms with Crippen LogP contribution in [0.1, 0.15) is 5.56 Å². The lowest BCUT2D eigenvalue weighted by atomic mass is 10.2. The van der Waals surface area contributed by atoms with Crippen molar-refractivity contribution >= 4 is 54.8 Å². The monoisotopic (exact) mass is 520 g/mol. The van der Waals surface area contributed by atoms with Gasteiger partial charge < -0.3 is 10.1 Å². The smallest absolute Gasteiger partial charge is 0.264 e. The molecule has 0 unspecified atom stereocenters. The minimum Gasteiger partial charge on any atom is -0.482 e. The summed E-state index contributed by atoms with van der Waals surface area (Å²) in [6, 6.07) is 18.7. The molecule has 4 rings (SSSR count). The van der Waals surface area contributed by atoms with E-state index in [0.29, 0.717) is 35.1 Å². The van der Waals surface area contributed by atoms with Crippen molar-refractivity contribution in [1.82, 2.24) is 0 Å². The zero-order valence-corrected chi connectivity index (χ0v) is 19.4. The number of para-hydroxylation sites is 1. The summed E-state index contributed by atoms with van der Waals surface area (Å²) in [5.41, 5.74) is 2.20. The number of carbonyl (C=O) groups excluding carboxylic acids is 1. The number of amides is 1. The number of halogens is 2. The van der Waals surface area contributed by atoms with E-state index in [1.807, 2.05) is 24.3 Å². The van der Waals surface area contributed by atoms with Crippen molar-refractivity contribution in [1.29, 1.82) is 0 Å². The van der Waals surface area contributed by atoms with Crippen LogP contribution in [-0.2, 0) is 21.2 Å². The number of rotatable bonds is 6. The number of nitrogens with one attached hydrogen (secondary N) is 1. The van der Waals surface area contributed by atoms with Gasteiger partial charge in [0.25, 0.3) is 15.9 Å². The SMILES string of the molecule is O=C(COc1ccc(Br)cc1Cl)Nc1ccc(S(=O)(=O)N2CCc3ccccc32)cc1. The first-order valence-electron chi connectivity index (χ1n) is 9.43. The van der Waals surface area contributed by atoms with Crippen LogP contribution in [0, 0.1) is 0 Å². The molecule has 1 amide bonds. The van der Waals surface area contributed by atoms with E-state index in [9.17, 15) is 13.2 Å². The second-order valence-electron chi connectivity index (χ2n) is 6.89. The highest BCUT2D eigenvalue weighted by Gasteiger charge is 2.30. The van der Waals surface area contributed by atoms with E-state index < -0.39 is 10.0 Å². The molecular weight excluding hydrogens is 504 g/mol. The molecule has 0 spiro atoms. The highest BCUT2D eigenvalue weighted by atomic mass is 79.9. The maximum atomic E-state index is 13.0. The first-order valence-corrected chi connectivity index (χ1v) is 12.0. The number of carbonyl (C=O) groups is 1. The third kappa shape index (κ3) is 4.71. The van der Waals surface area contributed by atoms with Crippen LogP contribution < -0.4 is 14.4 Å². The lowest BCUT2D eigenvalue weighted by Crippen LogP contribution is -2.29. The molecule has 0 saturated heterocycles. The Balaban J connectivity index is 1.40. The van der Waals surface area contributed by atoms with Crippen molar-refractivity contribution in [2.45, 2.75) is 11.3 Å². The molecule has 6 nitrogen and oxygen atoms in total. The Morgan fingerprint density at radius 1 is 1.10 bits per heavy atom. The van der Waals surface area contributed by atoms with Gasteiger partial charge in [-0.3, -0.25) is 9.10 Å². The molecule has 9 heteroatoms. The van der Waals surface area contributed by atoms with Crippen LogP contribution in [0.25, 0.3) is 0 Å². The zero-order chi connectivity index (χ0) is 22.0. The van der Waals surface area contributed by atoms with E-state index in [4.69, 9.17) is 16.3 Å². The third-order valence-corrected chi connectivity index (χ3v) is 7.44. The van der Waals surface area contributed by atoms with Gasteiger partial charge in [-0.15, -0.1) is 0 Å². The van der Waals surface area contributed by atoms with Gasteiger partial charge in [-0.25, -0.2) is 8.42 Å². The van der Waals surface area contributed by atoms with Gasteiger partial charge in [-0.05, 0) is 60.5 Å². The fourth-order valence-corrected chi connectivity index (χ4v) is 5.56. The van der Waals surface area contributed by atoms with Gasteiger partial charge in [0, 0.05) is 16.7 Å². The fourth-order valence-electron chi connectivity index (χ4n) is 3.33. The number of hydrogen-bond acceptors (Lipinski definition) is 4. The highest BCUT2D eigenvalue weighted by Crippen LogP contribution is 2.33. The van der Waals surface area contributed by atoms with Gasteiger partial charge in [0.15, 0.2) is 6.61 Å². The van der Waals surface area contributed by atoms with Crippen LogP contribution in [0.4, 0.5) is 11.4 Å². The molecule has 3 aromatic rings. The number of sulfonamides is 1. The largest absolute Gasteiger partial charge is 0.482 e. The highest BCUT2D eigenvalue weighted by molar-refractivity contribution is 9.10. The van der Waals surface area contributed by atoms with E-state index in [1.54, 1.807) is 30.3 Å². The maximum absolute atomic E-state index is 13.0. The normalized spacial score (nSPS) is 13.0. The zero-order valence-electron chi connectivity index (χ0n) is 16.2. The van der Waals surface area contributed by atoms with E-state index in [0.717, 1.165) is 10.0 Å². The van der Waals surface area contributed by atoms with E-state index >= 15 is 0 Å². The van der Waals surface area contributed by atoms with Crippen molar-refractivity contribution in [2.75, 3.05) is 22.8 Å². The van der Waals surface area contributed by atoms with Crippen LogP contribution in [0.2, 0.25) is 5.02 Å². The van der Waals surface area contributed by atoms with Gasteiger partial charge in [-0.2, -0.15) is 0 Å². The average Bonchev–Trinajstić information content (AvgIpc) is 3.18. The predicted octanol–water partition coefficient (Wildman–Crippen LogP) is 4.87. The van der Waals surface area contributed by atoms with Gasteiger partial charge in [-0.1, -0.05) is 45.7 Å². The maximum Gasteiger partial charge on any atom is 0.264 e. The van der Waals surface area contributed by atoms with Gasteiger partial charge in [0.1, 0.15) is 5.75 Å². The van der Waals surface area contributed by atoms with Gasteiger partial charge in [0.2, 0.25) is 0 Å². The molecule has 160 valence electrons. The summed E-state index contributed by atoms with van der Waals surface area (Å²) in [6.45, 7) is 0.183. The van der Waals surface area contributed by atoms with Crippen LogP contribution in [0.5, 0.6) is 5.75 Å². The minimum absolute atomic E-state index is 0.167. The van der Waals surface area contributed by atoms with Gasteiger partial charge in [0.05, 0.1) is 15.6 Å². The number of hydrogen-bond donors (Lipinski definition) is 1. The summed E-state index contributed by atoms with van der Waals surface area (Å²) < 4.78 is 33.8. The summed E-state index contributed by atoms with van der Waals surface area (Å²) in [7, 11) is -3.67. The molecule has 31 heavy (non-hydrogen) atoms. The quantitative estimate of drug-likeness (QED) is 0.502. The Morgan fingerprint density at radius 2 is 1.84 bits per heavy atom. The van der Waals surface area contributed by atoms with Crippen molar-refractivity contribution < 1.29 is 17.9 Å². The number of benzene rings is 3. The minimum atomic E-state index is -3.67. The van der Waals surface area contributed by atoms with Crippen molar-refractivity contribution in [3.8, 4) is 5.75 Å². The Hall–Kier alpha value is -2.55. The average molecular weight is 522 g/mol. The lowest BCUT2D eigenvalue weighted by molar-refractivity contribution is -0.118. The summed E-state index contributed by atoms with van der Waals surface area (Å²) >= 11 is 9.38. The van der Waals surface area contributed by atoms with Crippen molar-refractivity contribution in [2.24, 2.45) is 0 Å². The van der Waals surface area contributed by atoms with Crippen molar-refractivity contribution in [3.05, 3.63) is 81.8 Å². The molecule has 0 aromatic heterocycles. The molecule has 0 bridgehead atoms. The Kier molecular flexibility index (Phi) is 6.22. The molecule has 3 aromatic carbocycles. The predicted molar refractivity (Wildman–Crippen MR) is 124 cm³/mol. The molecular formula is C22H18BrClN2O4S. The first kappa shape index (κ1) is 21.7.